The van der Waals surface area contributed by atoms with E-state index >= 15 is 0 Å². The summed E-state index contributed by atoms with van der Waals surface area (Å²) in [6.07, 6.45) is 2.62. The minimum absolute atomic E-state index is 0.633. The molecule has 0 unspecified atom stereocenters. The van der Waals surface area contributed by atoms with Gasteiger partial charge < -0.3 is 9.64 Å². The smallest absolute Gasteiger partial charge is 0.0996 e. The van der Waals surface area contributed by atoms with Gasteiger partial charge in [-0.2, -0.15) is 0 Å². The summed E-state index contributed by atoms with van der Waals surface area (Å²) >= 11 is 0. The minimum atomic E-state index is 0.633. The lowest BCUT2D eigenvalue weighted by molar-refractivity contribution is 0.0743. The van der Waals surface area contributed by atoms with Crippen LogP contribution in [0.3, 0.4) is 0 Å². The van der Waals surface area contributed by atoms with Gasteiger partial charge in [0.25, 0.3) is 0 Å². The van der Waals surface area contributed by atoms with E-state index in [1.165, 1.54) is 25.9 Å². The van der Waals surface area contributed by atoms with Crippen LogP contribution in [0, 0.1) is 0 Å². The van der Waals surface area contributed by atoms with E-state index < -0.39 is 0 Å². The predicted molar refractivity (Wildman–Crippen MR) is 52.6 cm³/mol. The van der Waals surface area contributed by atoms with Crippen molar-refractivity contribution in [3.05, 3.63) is 0 Å². The van der Waals surface area contributed by atoms with Gasteiger partial charge in [-0.15, -0.1) is 0 Å². The average Bonchev–Trinajstić information content (AvgIpc) is 2.53. The molecule has 2 fully saturated rings. The van der Waals surface area contributed by atoms with Crippen molar-refractivity contribution in [1.82, 2.24) is 9.80 Å². The second-order valence-electron chi connectivity index (χ2n) is 4.40. The maximum atomic E-state index is 5.46. The van der Waals surface area contributed by atoms with Gasteiger partial charge in [0.2, 0.25) is 0 Å². The molecule has 0 aromatic carbocycles. The van der Waals surface area contributed by atoms with E-state index in [4.69, 9.17) is 4.74 Å². The molecule has 0 radical (unpaired) electrons. The Labute approximate surface area is 80.6 Å². The zero-order chi connectivity index (χ0) is 9.26. The number of rotatable bonds is 1. The third kappa shape index (κ3) is 2.03. The monoisotopic (exact) mass is 184 g/mol. The standard InChI is InChI=1S/C10H20N2O/c1-9-7-13-8-12(9)10-3-5-11(2)6-4-10/h9-10H,3-8H2,1-2H3/t9-/m0/s1. The zero-order valence-corrected chi connectivity index (χ0v) is 8.70. The first kappa shape index (κ1) is 9.44. The summed E-state index contributed by atoms with van der Waals surface area (Å²) in [7, 11) is 2.21. The first-order valence-corrected chi connectivity index (χ1v) is 5.29. The van der Waals surface area contributed by atoms with Crippen molar-refractivity contribution >= 4 is 0 Å². The van der Waals surface area contributed by atoms with Crippen molar-refractivity contribution in [3.8, 4) is 0 Å². The predicted octanol–water partition coefficient (Wildman–Crippen LogP) is 0.759. The van der Waals surface area contributed by atoms with Crippen molar-refractivity contribution < 1.29 is 4.74 Å². The van der Waals surface area contributed by atoms with Gasteiger partial charge in [-0.3, -0.25) is 4.90 Å². The van der Waals surface area contributed by atoms with Crippen LogP contribution in [0.5, 0.6) is 0 Å². The quantitative estimate of drug-likeness (QED) is 0.598. The Morgan fingerprint density at radius 2 is 1.92 bits per heavy atom. The highest BCUT2D eigenvalue weighted by Gasteiger charge is 2.30. The minimum Gasteiger partial charge on any atom is -0.364 e. The SMILES string of the molecule is C[C@H]1COCN1C1CCN(C)CC1. The molecule has 3 nitrogen and oxygen atoms in total. The van der Waals surface area contributed by atoms with E-state index in [0.717, 1.165) is 19.4 Å². The van der Waals surface area contributed by atoms with E-state index in [0.29, 0.717) is 6.04 Å². The Kier molecular flexibility index (Phi) is 2.86. The number of hydrogen-bond acceptors (Lipinski definition) is 3. The lowest BCUT2D eigenvalue weighted by Crippen LogP contribution is -2.45. The van der Waals surface area contributed by atoms with Crippen molar-refractivity contribution in [2.75, 3.05) is 33.5 Å². The van der Waals surface area contributed by atoms with E-state index in [1.54, 1.807) is 0 Å². The zero-order valence-electron chi connectivity index (χ0n) is 8.70. The van der Waals surface area contributed by atoms with Crippen LogP contribution in [-0.2, 0) is 4.74 Å². The van der Waals surface area contributed by atoms with E-state index in [1.807, 2.05) is 0 Å². The molecule has 3 heteroatoms. The van der Waals surface area contributed by atoms with Crippen LogP contribution in [-0.4, -0.2) is 55.4 Å². The normalized spacial score (nSPS) is 34.2. The molecule has 0 saturated carbocycles. The molecule has 0 aliphatic carbocycles. The Morgan fingerprint density at radius 3 is 2.46 bits per heavy atom. The number of piperidine rings is 1. The van der Waals surface area contributed by atoms with E-state index in [9.17, 15) is 0 Å². The van der Waals surface area contributed by atoms with Gasteiger partial charge in [0, 0.05) is 12.1 Å². The largest absolute Gasteiger partial charge is 0.364 e. The highest BCUT2D eigenvalue weighted by atomic mass is 16.5. The maximum absolute atomic E-state index is 5.46. The number of nitrogens with zero attached hydrogens (tertiary/aromatic N) is 2. The molecule has 0 bridgehead atoms. The Morgan fingerprint density at radius 1 is 1.23 bits per heavy atom. The Balaban J connectivity index is 1.86. The molecule has 2 saturated heterocycles. The number of hydrogen-bond donors (Lipinski definition) is 0. The molecule has 2 aliphatic rings. The van der Waals surface area contributed by atoms with Gasteiger partial charge in [-0.25, -0.2) is 0 Å². The van der Waals surface area contributed by atoms with Crippen LogP contribution in [0.25, 0.3) is 0 Å². The van der Waals surface area contributed by atoms with Crippen LogP contribution in [0.4, 0.5) is 0 Å². The Bertz CT molecular complexity index is 166. The lowest BCUT2D eigenvalue weighted by Gasteiger charge is -2.36. The van der Waals surface area contributed by atoms with Crippen LogP contribution in [0.1, 0.15) is 19.8 Å². The summed E-state index contributed by atoms with van der Waals surface area (Å²) in [4.78, 5) is 4.94. The molecule has 2 heterocycles. The molecule has 2 aliphatic heterocycles. The first-order valence-electron chi connectivity index (χ1n) is 5.29. The summed E-state index contributed by atoms with van der Waals surface area (Å²) in [5.74, 6) is 0. The number of likely N-dealkylation sites (tertiary alicyclic amines) is 1. The highest BCUT2D eigenvalue weighted by Crippen LogP contribution is 2.21. The van der Waals surface area contributed by atoms with Crippen molar-refractivity contribution in [3.63, 3.8) is 0 Å². The summed E-state index contributed by atoms with van der Waals surface area (Å²) in [5, 5.41) is 0. The summed E-state index contributed by atoms with van der Waals surface area (Å²) < 4.78 is 5.46. The van der Waals surface area contributed by atoms with Crippen molar-refractivity contribution in [2.45, 2.75) is 31.8 Å². The molecule has 0 aromatic heterocycles. The molecule has 13 heavy (non-hydrogen) atoms. The fraction of sp³-hybridized carbons (Fsp3) is 1.00. The Hall–Kier alpha value is -0.120. The fourth-order valence-corrected chi connectivity index (χ4v) is 2.34. The van der Waals surface area contributed by atoms with Gasteiger partial charge in [0.05, 0.1) is 13.3 Å². The molecule has 0 aromatic rings. The van der Waals surface area contributed by atoms with Gasteiger partial charge in [-0.1, -0.05) is 0 Å². The molecule has 0 amide bonds. The third-order valence-electron chi connectivity index (χ3n) is 3.32. The van der Waals surface area contributed by atoms with Crippen LogP contribution in [0.2, 0.25) is 0 Å². The van der Waals surface area contributed by atoms with E-state index in [-0.39, 0.29) is 0 Å². The fourth-order valence-electron chi connectivity index (χ4n) is 2.34. The van der Waals surface area contributed by atoms with Gasteiger partial charge in [-0.05, 0) is 39.9 Å². The van der Waals surface area contributed by atoms with Crippen molar-refractivity contribution in [1.29, 1.82) is 0 Å². The molecule has 0 N–H and O–H groups in total. The summed E-state index contributed by atoms with van der Waals surface area (Å²) in [5.41, 5.74) is 0. The molecule has 2 rings (SSSR count). The molecule has 1 atom stereocenters. The van der Waals surface area contributed by atoms with Crippen LogP contribution in [0.15, 0.2) is 0 Å². The molecule has 76 valence electrons. The molecule has 0 spiro atoms. The lowest BCUT2D eigenvalue weighted by atomic mass is 10.0. The second-order valence-corrected chi connectivity index (χ2v) is 4.40. The second kappa shape index (κ2) is 3.95. The van der Waals surface area contributed by atoms with Crippen molar-refractivity contribution in [2.24, 2.45) is 0 Å². The molecular formula is C10H20N2O. The molecular weight excluding hydrogens is 164 g/mol. The van der Waals surface area contributed by atoms with Gasteiger partial charge in [0.1, 0.15) is 0 Å². The van der Waals surface area contributed by atoms with Gasteiger partial charge >= 0.3 is 0 Å². The summed E-state index contributed by atoms with van der Waals surface area (Å²) in [6, 6.07) is 1.40. The summed E-state index contributed by atoms with van der Waals surface area (Å²) in [6.45, 7) is 6.54. The van der Waals surface area contributed by atoms with Crippen LogP contribution >= 0.6 is 0 Å². The van der Waals surface area contributed by atoms with Crippen LogP contribution < -0.4 is 0 Å². The maximum Gasteiger partial charge on any atom is 0.0996 e. The first-order chi connectivity index (χ1) is 6.27. The topological polar surface area (TPSA) is 15.7 Å². The number of ether oxygens (including phenoxy) is 1. The highest BCUT2D eigenvalue weighted by molar-refractivity contribution is 4.82. The average molecular weight is 184 g/mol. The van der Waals surface area contributed by atoms with E-state index in [2.05, 4.69) is 23.8 Å². The third-order valence-corrected chi connectivity index (χ3v) is 3.32. The van der Waals surface area contributed by atoms with Gasteiger partial charge in [0.15, 0.2) is 0 Å².